The van der Waals surface area contributed by atoms with Crippen LogP contribution in [0.2, 0.25) is 0 Å². The molecule has 8 heteroatoms. The molecule has 0 bridgehead atoms. The maximum atomic E-state index is 11.7. The van der Waals surface area contributed by atoms with Gasteiger partial charge in [-0.25, -0.2) is 4.79 Å². The van der Waals surface area contributed by atoms with Crippen LogP contribution in [0.5, 0.6) is 0 Å². The van der Waals surface area contributed by atoms with Crippen molar-refractivity contribution in [3.63, 3.8) is 0 Å². The van der Waals surface area contributed by atoms with Crippen molar-refractivity contribution in [3.8, 4) is 0 Å². The molecule has 0 saturated heterocycles. The van der Waals surface area contributed by atoms with E-state index in [9.17, 15) is 24.8 Å². The molecule has 0 heterocycles. The van der Waals surface area contributed by atoms with Gasteiger partial charge in [0.15, 0.2) is 11.9 Å². The van der Waals surface area contributed by atoms with Crippen LogP contribution in [0.15, 0.2) is 18.2 Å². The summed E-state index contributed by atoms with van der Waals surface area (Å²) in [5.41, 5.74) is -0.942. The molecule has 0 aliphatic carbocycles. The molecule has 0 aromatic heterocycles. The number of nitro groups is 1. The average Bonchev–Trinajstić information content (AvgIpc) is 2.35. The van der Waals surface area contributed by atoms with Crippen molar-refractivity contribution < 1.29 is 24.7 Å². The van der Waals surface area contributed by atoms with Crippen molar-refractivity contribution in [2.24, 2.45) is 0 Å². The minimum absolute atomic E-state index is 0.126. The Morgan fingerprint density at radius 2 is 2.00 bits per heavy atom. The standard InChI is InChI=1S/C11H10ClNO6/c1-5(12)9(14)7-4-6(10(15)11(16)17)2-3-8(7)13(18)19/h2-5,10,15H,1H3,(H,16,17). The summed E-state index contributed by atoms with van der Waals surface area (Å²) in [6.45, 7) is 1.34. The fourth-order valence-corrected chi connectivity index (χ4v) is 1.55. The van der Waals surface area contributed by atoms with Gasteiger partial charge >= 0.3 is 5.97 Å². The van der Waals surface area contributed by atoms with Gasteiger partial charge in [0, 0.05) is 6.07 Å². The normalized spacial score (nSPS) is 13.6. The van der Waals surface area contributed by atoms with Crippen molar-refractivity contribution in [2.75, 3.05) is 0 Å². The summed E-state index contributed by atoms with van der Waals surface area (Å²) in [6, 6.07) is 3.01. The van der Waals surface area contributed by atoms with Gasteiger partial charge in [0.05, 0.1) is 15.9 Å². The van der Waals surface area contributed by atoms with Gasteiger partial charge < -0.3 is 10.2 Å². The zero-order valence-corrected chi connectivity index (χ0v) is 10.5. The lowest BCUT2D eigenvalue weighted by Gasteiger charge is -2.09. The zero-order valence-electron chi connectivity index (χ0n) is 9.74. The highest BCUT2D eigenvalue weighted by molar-refractivity contribution is 6.34. The summed E-state index contributed by atoms with van der Waals surface area (Å²) in [5.74, 6) is -2.24. The monoisotopic (exact) mass is 287 g/mol. The van der Waals surface area contributed by atoms with Crippen LogP contribution in [-0.2, 0) is 4.79 Å². The molecule has 2 unspecified atom stereocenters. The number of aliphatic hydroxyl groups excluding tert-OH is 1. The van der Waals surface area contributed by atoms with Gasteiger partial charge in [-0.2, -0.15) is 0 Å². The Labute approximate surface area is 112 Å². The Morgan fingerprint density at radius 3 is 2.42 bits per heavy atom. The quantitative estimate of drug-likeness (QED) is 0.367. The predicted molar refractivity (Wildman–Crippen MR) is 65.3 cm³/mol. The Balaban J connectivity index is 3.38. The number of halogens is 1. The second-order valence-electron chi connectivity index (χ2n) is 3.75. The number of aliphatic hydroxyl groups is 1. The first-order valence-corrected chi connectivity index (χ1v) is 5.56. The molecular formula is C11H10ClNO6. The molecule has 0 amide bonds. The van der Waals surface area contributed by atoms with E-state index in [1.807, 2.05) is 0 Å². The molecule has 19 heavy (non-hydrogen) atoms. The highest BCUT2D eigenvalue weighted by Crippen LogP contribution is 2.25. The summed E-state index contributed by atoms with van der Waals surface area (Å²) in [4.78, 5) is 32.4. The van der Waals surface area contributed by atoms with Gasteiger partial charge in [0.2, 0.25) is 0 Å². The molecule has 1 aromatic rings. The molecule has 2 N–H and O–H groups in total. The van der Waals surface area contributed by atoms with Gasteiger partial charge in [-0.15, -0.1) is 11.6 Å². The summed E-state index contributed by atoms with van der Waals surface area (Å²) < 4.78 is 0. The smallest absolute Gasteiger partial charge is 0.337 e. The number of carbonyl (C=O) groups excluding carboxylic acids is 1. The van der Waals surface area contributed by atoms with Gasteiger partial charge in [-0.1, -0.05) is 0 Å². The van der Waals surface area contributed by atoms with Gasteiger partial charge in [0.25, 0.3) is 5.69 Å². The molecule has 102 valence electrons. The molecule has 0 fully saturated rings. The third kappa shape index (κ3) is 3.27. The maximum Gasteiger partial charge on any atom is 0.337 e. The summed E-state index contributed by atoms with van der Waals surface area (Å²) >= 11 is 5.58. The van der Waals surface area contributed by atoms with E-state index in [-0.39, 0.29) is 11.1 Å². The van der Waals surface area contributed by atoms with Crippen molar-refractivity contribution >= 4 is 29.0 Å². The Morgan fingerprint density at radius 1 is 1.42 bits per heavy atom. The second-order valence-corrected chi connectivity index (χ2v) is 4.41. The largest absolute Gasteiger partial charge is 0.479 e. The molecule has 0 saturated carbocycles. The van der Waals surface area contributed by atoms with Crippen LogP contribution in [-0.4, -0.2) is 32.3 Å². The number of carboxylic acids is 1. The van der Waals surface area contributed by atoms with Gasteiger partial charge in [-0.05, 0) is 24.6 Å². The van der Waals surface area contributed by atoms with Crippen LogP contribution < -0.4 is 0 Å². The van der Waals surface area contributed by atoms with Crippen LogP contribution in [0.1, 0.15) is 28.9 Å². The highest BCUT2D eigenvalue weighted by atomic mass is 35.5. The van der Waals surface area contributed by atoms with Crippen LogP contribution in [0.3, 0.4) is 0 Å². The summed E-state index contributed by atoms with van der Waals surface area (Å²) in [6.07, 6.45) is -1.86. The first-order chi connectivity index (χ1) is 8.75. The average molecular weight is 288 g/mol. The number of hydrogen-bond acceptors (Lipinski definition) is 5. The van der Waals surface area contributed by atoms with E-state index in [0.717, 1.165) is 18.2 Å². The van der Waals surface area contributed by atoms with Crippen molar-refractivity contribution in [3.05, 3.63) is 39.4 Å². The lowest BCUT2D eigenvalue weighted by Crippen LogP contribution is -2.15. The number of hydrogen-bond donors (Lipinski definition) is 2. The number of rotatable bonds is 5. The molecule has 1 rings (SSSR count). The van der Waals surface area contributed by atoms with E-state index in [4.69, 9.17) is 16.7 Å². The number of Topliss-reactive ketones (excluding diaryl/α,β-unsaturated/α-hetero) is 1. The molecule has 0 spiro atoms. The molecular weight excluding hydrogens is 278 g/mol. The summed E-state index contributed by atoms with van der Waals surface area (Å²) in [5, 5.41) is 27.8. The fraction of sp³-hybridized carbons (Fsp3) is 0.273. The van der Waals surface area contributed by atoms with E-state index in [1.54, 1.807) is 0 Å². The number of carboxylic acid groups (broad SMARTS) is 1. The lowest BCUT2D eigenvalue weighted by molar-refractivity contribution is -0.385. The molecule has 0 radical (unpaired) electrons. The number of ketones is 1. The second kappa shape index (κ2) is 5.77. The lowest BCUT2D eigenvalue weighted by atomic mass is 10.0. The third-order valence-electron chi connectivity index (χ3n) is 2.39. The molecule has 2 atom stereocenters. The number of alkyl halides is 1. The summed E-state index contributed by atoms with van der Waals surface area (Å²) in [7, 11) is 0. The van der Waals surface area contributed by atoms with Crippen LogP contribution in [0, 0.1) is 10.1 Å². The topological polar surface area (TPSA) is 118 Å². The minimum Gasteiger partial charge on any atom is -0.479 e. The fourth-order valence-electron chi connectivity index (χ4n) is 1.44. The van der Waals surface area contributed by atoms with E-state index in [1.165, 1.54) is 6.92 Å². The van der Waals surface area contributed by atoms with E-state index in [0.29, 0.717) is 0 Å². The van der Waals surface area contributed by atoms with Crippen LogP contribution in [0.25, 0.3) is 0 Å². The van der Waals surface area contributed by atoms with E-state index < -0.39 is 33.8 Å². The Hall–Kier alpha value is -1.99. The number of carbonyl (C=O) groups is 2. The number of benzene rings is 1. The Bertz CT molecular complexity index is 542. The van der Waals surface area contributed by atoms with E-state index in [2.05, 4.69) is 0 Å². The van der Waals surface area contributed by atoms with Crippen molar-refractivity contribution in [2.45, 2.75) is 18.4 Å². The van der Waals surface area contributed by atoms with E-state index >= 15 is 0 Å². The van der Waals surface area contributed by atoms with Crippen LogP contribution >= 0.6 is 11.6 Å². The van der Waals surface area contributed by atoms with Crippen molar-refractivity contribution in [1.29, 1.82) is 0 Å². The molecule has 0 aliphatic rings. The highest BCUT2D eigenvalue weighted by Gasteiger charge is 2.26. The predicted octanol–water partition coefficient (Wildman–Crippen LogP) is 1.52. The molecule has 7 nitrogen and oxygen atoms in total. The molecule has 0 aliphatic heterocycles. The third-order valence-corrected chi connectivity index (χ3v) is 2.59. The van der Waals surface area contributed by atoms with Gasteiger partial charge in [0.1, 0.15) is 0 Å². The van der Waals surface area contributed by atoms with Crippen molar-refractivity contribution in [1.82, 2.24) is 0 Å². The first-order valence-electron chi connectivity index (χ1n) is 5.13. The maximum absolute atomic E-state index is 11.7. The number of nitrogens with zero attached hydrogens (tertiary/aromatic N) is 1. The van der Waals surface area contributed by atoms with Crippen LogP contribution in [0.4, 0.5) is 5.69 Å². The SMILES string of the molecule is CC(Cl)C(=O)c1cc(C(O)C(=O)O)ccc1[N+](=O)[O-]. The van der Waals surface area contributed by atoms with Gasteiger partial charge in [-0.3, -0.25) is 14.9 Å². The zero-order chi connectivity index (χ0) is 14.7. The first kappa shape index (κ1) is 15.1. The molecule has 1 aromatic carbocycles. The number of nitro benzene ring substituents is 1. The number of aliphatic carboxylic acids is 1. The minimum atomic E-state index is -1.86. The Kier molecular flexibility index (Phi) is 4.57.